The Labute approximate surface area is 187 Å². The quantitative estimate of drug-likeness (QED) is 0.505. The lowest BCUT2D eigenvalue weighted by Gasteiger charge is -2.19. The summed E-state index contributed by atoms with van der Waals surface area (Å²) in [5.74, 6) is 0.800. The Morgan fingerprint density at radius 3 is 2.58 bits per heavy atom. The van der Waals surface area contributed by atoms with E-state index in [4.69, 9.17) is 24.0 Å². The highest BCUT2D eigenvalue weighted by Gasteiger charge is 2.36. The molecule has 164 valence electrons. The number of hydrogen-bond donors (Lipinski definition) is 1. The van der Waals surface area contributed by atoms with Gasteiger partial charge < -0.3 is 24.0 Å². The van der Waals surface area contributed by atoms with Crippen molar-refractivity contribution in [3.63, 3.8) is 0 Å². The number of nitriles is 1. The van der Waals surface area contributed by atoms with Gasteiger partial charge in [-0.3, -0.25) is 0 Å². The van der Waals surface area contributed by atoms with Gasteiger partial charge in [0, 0.05) is 0 Å². The first-order valence-corrected chi connectivity index (χ1v) is 9.96. The van der Waals surface area contributed by atoms with Crippen molar-refractivity contribution in [2.24, 2.45) is 0 Å². The highest BCUT2D eigenvalue weighted by atomic mass is 16.5. The Bertz CT molecular complexity index is 1600. The summed E-state index contributed by atoms with van der Waals surface area (Å²) in [5.41, 5.74) is 7.35. The fraction of sp³-hybridized carbons (Fsp3) is 0.125. The predicted molar refractivity (Wildman–Crippen MR) is 118 cm³/mol. The first-order valence-electron chi connectivity index (χ1n) is 9.96. The van der Waals surface area contributed by atoms with Crippen LogP contribution in [0.3, 0.4) is 0 Å². The summed E-state index contributed by atoms with van der Waals surface area (Å²) in [5, 5.41) is 10.2. The number of rotatable bonds is 4. The number of nitrogens with two attached hydrogens (primary N) is 1. The van der Waals surface area contributed by atoms with Crippen molar-refractivity contribution >= 4 is 17.7 Å². The zero-order valence-corrected chi connectivity index (χ0v) is 17.7. The molecule has 2 aromatic carbocycles. The molecule has 0 saturated carbocycles. The summed E-state index contributed by atoms with van der Waals surface area (Å²) in [4.78, 5) is 17.2. The van der Waals surface area contributed by atoms with Crippen LogP contribution in [0, 0.1) is 11.3 Å². The summed E-state index contributed by atoms with van der Waals surface area (Å²) < 4.78 is 23.3. The van der Waals surface area contributed by atoms with Gasteiger partial charge >= 0.3 is 5.63 Å². The van der Waals surface area contributed by atoms with E-state index in [1.807, 2.05) is 12.1 Å². The number of fused-ring (bicyclic) bond motifs is 3. The van der Waals surface area contributed by atoms with Crippen molar-refractivity contribution in [2.75, 3.05) is 20.0 Å². The van der Waals surface area contributed by atoms with Crippen molar-refractivity contribution in [1.82, 2.24) is 9.55 Å². The lowest BCUT2D eigenvalue weighted by molar-refractivity contribution is 0.414. The average molecular weight is 442 g/mol. The Hall–Kier alpha value is -4.71. The Morgan fingerprint density at radius 2 is 1.85 bits per heavy atom. The lowest BCUT2D eigenvalue weighted by atomic mass is 9.87. The van der Waals surface area contributed by atoms with Crippen molar-refractivity contribution in [2.45, 2.75) is 5.92 Å². The van der Waals surface area contributed by atoms with Crippen LogP contribution in [0.15, 0.2) is 62.2 Å². The van der Waals surface area contributed by atoms with Gasteiger partial charge in [-0.1, -0.05) is 24.3 Å². The molecule has 2 N–H and O–H groups in total. The first kappa shape index (κ1) is 20.2. The van der Waals surface area contributed by atoms with E-state index in [-0.39, 0.29) is 28.4 Å². The van der Waals surface area contributed by atoms with Crippen LogP contribution in [0.25, 0.3) is 17.5 Å². The normalized spacial score (nSPS) is 15.0. The number of ether oxygens (including phenoxy) is 2. The minimum absolute atomic E-state index is 0.0631. The van der Waals surface area contributed by atoms with Crippen LogP contribution in [0.2, 0.25) is 0 Å². The largest absolute Gasteiger partial charge is 0.497 e. The maximum absolute atomic E-state index is 12.9. The van der Waals surface area contributed by atoms with Crippen molar-refractivity contribution in [3.05, 3.63) is 86.7 Å². The number of nitrogens with zero attached hydrogens (tertiary/aromatic N) is 3. The molecular weight excluding hydrogens is 424 g/mol. The van der Waals surface area contributed by atoms with Crippen LogP contribution < -0.4 is 31.7 Å². The van der Waals surface area contributed by atoms with Crippen LogP contribution in [0.5, 0.6) is 11.5 Å². The average Bonchev–Trinajstić information content (AvgIpc) is 3.37. The van der Waals surface area contributed by atoms with Crippen LogP contribution in [0.4, 0.5) is 6.01 Å². The van der Waals surface area contributed by atoms with E-state index in [9.17, 15) is 10.1 Å². The molecule has 1 atom stereocenters. The zero-order chi connectivity index (χ0) is 23.1. The molecule has 0 amide bonds. The second-order valence-electron chi connectivity index (χ2n) is 7.31. The molecule has 0 radical (unpaired) electrons. The summed E-state index contributed by atoms with van der Waals surface area (Å²) in [6.07, 6.45) is 1.63. The third-order valence-electron chi connectivity index (χ3n) is 5.43. The molecule has 0 bridgehead atoms. The van der Waals surface area contributed by atoms with E-state index in [1.54, 1.807) is 56.7 Å². The third-order valence-corrected chi connectivity index (χ3v) is 5.43. The number of anilines is 1. The van der Waals surface area contributed by atoms with Crippen LogP contribution in [-0.4, -0.2) is 23.8 Å². The molecule has 0 spiro atoms. The van der Waals surface area contributed by atoms with Crippen LogP contribution >= 0.6 is 0 Å². The molecule has 5 rings (SSSR count). The van der Waals surface area contributed by atoms with Gasteiger partial charge in [0.1, 0.15) is 34.2 Å². The summed E-state index contributed by atoms with van der Waals surface area (Å²) in [6.45, 7) is 0. The maximum Gasteiger partial charge on any atom is 0.362 e. The van der Waals surface area contributed by atoms with Crippen LogP contribution in [-0.2, 0) is 0 Å². The minimum Gasteiger partial charge on any atom is -0.497 e. The smallest absolute Gasteiger partial charge is 0.362 e. The number of methoxy groups -OCH3 is 2. The Balaban J connectivity index is 1.85. The molecule has 9 nitrogen and oxygen atoms in total. The van der Waals surface area contributed by atoms with Gasteiger partial charge in [0.2, 0.25) is 11.4 Å². The molecule has 2 aromatic heterocycles. The molecule has 1 aliphatic rings. The third kappa shape index (κ3) is 3.25. The van der Waals surface area contributed by atoms with E-state index in [0.717, 1.165) is 0 Å². The highest BCUT2D eigenvalue weighted by molar-refractivity contribution is 5.73. The summed E-state index contributed by atoms with van der Waals surface area (Å²) in [6, 6.07) is 16.5. The Kier molecular flexibility index (Phi) is 4.75. The standard InChI is InChI=1S/C24H18N4O5/c1-30-15-7-3-5-13(9-15)10-18-23(29)32-21-17(12-25)19(14-6-4-8-16(11-14)31-2)20-22(28(18)21)33-24(26)27-20/h3-11,19H,1-2H3,(H2,26,27)/b18-10+. The first-order chi connectivity index (χ1) is 16.0. The SMILES string of the molecule is COc1cccc(/C=c2\c(=O)oc3n2-c2oc(N)nc2C(c2cccc(OC)c2)C=3C#N)c1. The van der Waals surface area contributed by atoms with Gasteiger partial charge in [-0.05, 0) is 41.5 Å². The molecule has 0 fully saturated rings. The van der Waals surface area contributed by atoms with Gasteiger partial charge in [0.15, 0.2) is 0 Å². The molecule has 0 saturated heterocycles. The van der Waals surface area contributed by atoms with Crippen molar-refractivity contribution in [1.29, 1.82) is 5.26 Å². The summed E-state index contributed by atoms with van der Waals surface area (Å²) >= 11 is 0. The highest BCUT2D eigenvalue weighted by Crippen LogP contribution is 2.38. The van der Waals surface area contributed by atoms with E-state index in [0.29, 0.717) is 28.3 Å². The fourth-order valence-electron chi connectivity index (χ4n) is 3.98. The number of nitrogen functional groups attached to an aromatic ring is 1. The lowest BCUT2D eigenvalue weighted by Crippen LogP contribution is -2.35. The van der Waals surface area contributed by atoms with Crippen molar-refractivity contribution in [3.8, 4) is 23.5 Å². The van der Waals surface area contributed by atoms with Gasteiger partial charge in [-0.25, -0.2) is 9.36 Å². The molecular formula is C24H18N4O5. The molecule has 4 aromatic rings. The number of oxazole rings is 2. The van der Waals surface area contributed by atoms with E-state index >= 15 is 0 Å². The summed E-state index contributed by atoms with van der Waals surface area (Å²) in [7, 11) is 3.11. The minimum atomic E-state index is -0.656. The molecule has 3 heterocycles. The van der Waals surface area contributed by atoms with Crippen molar-refractivity contribution < 1.29 is 18.3 Å². The van der Waals surface area contributed by atoms with E-state index < -0.39 is 11.5 Å². The topological polar surface area (TPSA) is 129 Å². The zero-order valence-electron chi connectivity index (χ0n) is 17.7. The molecule has 0 aliphatic carbocycles. The second kappa shape index (κ2) is 7.76. The van der Waals surface area contributed by atoms with Gasteiger partial charge in [-0.15, -0.1) is 0 Å². The van der Waals surface area contributed by atoms with E-state index in [1.165, 1.54) is 4.57 Å². The van der Waals surface area contributed by atoms with Crippen LogP contribution in [0.1, 0.15) is 22.7 Å². The second-order valence-corrected chi connectivity index (χ2v) is 7.31. The fourth-order valence-corrected chi connectivity index (χ4v) is 3.98. The van der Waals surface area contributed by atoms with Gasteiger partial charge in [-0.2, -0.15) is 10.2 Å². The molecule has 1 aliphatic heterocycles. The molecule has 1 unspecified atom stereocenters. The molecule has 33 heavy (non-hydrogen) atoms. The number of hydrogen-bond acceptors (Lipinski definition) is 8. The monoisotopic (exact) mass is 442 g/mol. The number of aromatic nitrogens is 2. The maximum atomic E-state index is 12.9. The predicted octanol–water partition coefficient (Wildman–Crippen LogP) is 1.67. The number of benzene rings is 2. The van der Waals surface area contributed by atoms with Gasteiger partial charge in [0.05, 0.1) is 20.1 Å². The molecule has 9 heteroatoms. The Morgan fingerprint density at radius 1 is 1.12 bits per heavy atom. The van der Waals surface area contributed by atoms with Gasteiger partial charge in [0.25, 0.3) is 6.01 Å². The van der Waals surface area contributed by atoms with E-state index in [2.05, 4.69) is 11.1 Å².